The van der Waals surface area contributed by atoms with E-state index < -0.39 is 5.97 Å². The van der Waals surface area contributed by atoms with Crippen LogP contribution in [0.5, 0.6) is 11.5 Å². The standard InChI is InChI=1S/C21H29NO5/c1-14-7-5-9-17(15(14)2)22-19(23)13-27-20(24)12-11-16-8-6-10-18(25-3)21(16)26-4/h6,8,10-12,14-15,17H,5,7,9,13H2,1-4H3,(H,22,23)/b12-11+/t14-,15+,17-/m0/s1. The third-order valence-corrected chi connectivity index (χ3v) is 5.23. The number of rotatable bonds is 7. The van der Waals surface area contributed by atoms with Crippen molar-refractivity contribution in [1.82, 2.24) is 5.32 Å². The van der Waals surface area contributed by atoms with E-state index in [1.54, 1.807) is 31.4 Å². The first-order valence-electron chi connectivity index (χ1n) is 9.31. The number of nitrogens with one attached hydrogen (secondary N) is 1. The number of carbonyl (C=O) groups is 2. The van der Waals surface area contributed by atoms with Crippen LogP contribution in [-0.4, -0.2) is 38.7 Å². The molecule has 6 heteroatoms. The van der Waals surface area contributed by atoms with Gasteiger partial charge >= 0.3 is 5.97 Å². The molecule has 1 saturated carbocycles. The second-order valence-electron chi connectivity index (χ2n) is 6.97. The van der Waals surface area contributed by atoms with E-state index in [0.29, 0.717) is 28.9 Å². The summed E-state index contributed by atoms with van der Waals surface area (Å²) in [7, 11) is 3.08. The Morgan fingerprint density at radius 1 is 1.19 bits per heavy atom. The number of methoxy groups -OCH3 is 2. The molecule has 1 aliphatic carbocycles. The Bertz CT molecular complexity index is 685. The molecular formula is C21H29NO5. The van der Waals surface area contributed by atoms with Gasteiger partial charge in [0.15, 0.2) is 18.1 Å². The second-order valence-corrected chi connectivity index (χ2v) is 6.97. The SMILES string of the molecule is COc1cccc(/C=C/C(=O)OCC(=O)N[C@H]2CCC[C@H](C)[C@H]2C)c1OC. The fourth-order valence-corrected chi connectivity index (χ4v) is 3.42. The third-order valence-electron chi connectivity index (χ3n) is 5.23. The maximum atomic E-state index is 12.1. The van der Waals surface area contributed by atoms with Gasteiger partial charge in [-0.15, -0.1) is 0 Å². The van der Waals surface area contributed by atoms with Crippen LogP contribution in [0.25, 0.3) is 6.08 Å². The summed E-state index contributed by atoms with van der Waals surface area (Å²) in [5.74, 6) is 1.28. The first-order valence-corrected chi connectivity index (χ1v) is 9.31. The van der Waals surface area contributed by atoms with E-state index in [1.165, 1.54) is 19.6 Å². The summed E-state index contributed by atoms with van der Waals surface area (Å²) in [4.78, 5) is 24.0. The summed E-state index contributed by atoms with van der Waals surface area (Å²) in [6.07, 6.45) is 6.13. The molecule has 0 aromatic heterocycles. The summed E-state index contributed by atoms with van der Waals surface area (Å²) in [5, 5.41) is 2.98. The highest BCUT2D eigenvalue weighted by atomic mass is 16.5. The predicted octanol–water partition coefficient (Wildman–Crippen LogP) is 3.20. The van der Waals surface area contributed by atoms with Gasteiger partial charge in [0.25, 0.3) is 5.91 Å². The van der Waals surface area contributed by atoms with Crippen LogP contribution in [0, 0.1) is 11.8 Å². The average Bonchev–Trinajstić information content (AvgIpc) is 2.67. The molecule has 0 radical (unpaired) electrons. The van der Waals surface area contributed by atoms with Gasteiger partial charge in [0.1, 0.15) is 0 Å². The normalized spacial score (nSPS) is 22.3. The Morgan fingerprint density at radius 3 is 2.67 bits per heavy atom. The van der Waals surface area contributed by atoms with Crippen molar-refractivity contribution in [2.24, 2.45) is 11.8 Å². The van der Waals surface area contributed by atoms with Gasteiger partial charge in [-0.1, -0.05) is 38.8 Å². The topological polar surface area (TPSA) is 73.9 Å². The van der Waals surface area contributed by atoms with Gasteiger partial charge in [0.2, 0.25) is 0 Å². The first-order chi connectivity index (χ1) is 13.0. The van der Waals surface area contributed by atoms with Crippen molar-refractivity contribution in [2.75, 3.05) is 20.8 Å². The number of amides is 1. The lowest BCUT2D eigenvalue weighted by atomic mass is 9.78. The zero-order valence-corrected chi connectivity index (χ0v) is 16.5. The second kappa shape index (κ2) is 10.00. The largest absolute Gasteiger partial charge is 0.493 e. The van der Waals surface area contributed by atoms with E-state index in [4.69, 9.17) is 14.2 Å². The zero-order chi connectivity index (χ0) is 19.8. The van der Waals surface area contributed by atoms with E-state index >= 15 is 0 Å². The maximum Gasteiger partial charge on any atom is 0.331 e. The predicted molar refractivity (Wildman–Crippen MR) is 104 cm³/mol. The number of hydrogen-bond donors (Lipinski definition) is 1. The highest BCUT2D eigenvalue weighted by Gasteiger charge is 2.28. The quantitative estimate of drug-likeness (QED) is 0.585. The molecule has 0 spiro atoms. The van der Waals surface area contributed by atoms with Gasteiger partial charge in [-0.2, -0.15) is 0 Å². The maximum absolute atomic E-state index is 12.1. The molecule has 3 atom stereocenters. The summed E-state index contributed by atoms with van der Waals surface area (Å²) >= 11 is 0. The molecule has 148 valence electrons. The van der Waals surface area contributed by atoms with Crippen molar-refractivity contribution in [2.45, 2.75) is 39.2 Å². The Balaban J connectivity index is 1.85. The Kier molecular flexibility index (Phi) is 7.70. The molecule has 1 fully saturated rings. The molecule has 1 aliphatic rings. The smallest absolute Gasteiger partial charge is 0.331 e. The first kappa shape index (κ1) is 20.8. The molecule has 0 unspecified atom stereocenters. The molecule has 1 aromatic rings. The van der Waals surface area contributed by atoms with Crippen molar-refractivity contribution in [3.05, 3.63) is 29.8 Å². The van der Waals surface area contributed by atoms with Crippen LogP contribution in [0.3, 0.4) is 0 Å². The molecule has 2 rings (SSSR count). The van der Waals surface area contributed by atoms with E-state index in [0.717, 1.165) is 12.8 Å². The van der Waals surface area contributed by atoms with E-state index in [2.05, 4.69) is 19.2 Å². The van der Waals surface area contributed by atoms with Crippen molar-refractivity contribution >= 4 is 18.0 Å². The fourth-order valence-electron chi connectivity index (χ4n) is 3.42. The molecular weight excluding hydrogens is 346 g/mol. The third kappa shape index (κ3) is 5.74. The van der Waals surface area contributed by atoms with E-state index in [-0.39, 0.29) is 18.6 Å². The Morgan fingerprint density at radius 2 is 1.96 bits per heavy atom. The molecule has 0 saturated heterocycles. The number of benzene rings is 1. The summed E-state index contributed by atoms with van der Waals surface area (Å²) in [5.41, 5.74) is 0.684. The lowest BCUT2D eigenvalue weighted by molar-refractivity contribution is -0.144. The van der Waals surface area contributed by atoms with Gasteiger partial charge in [0.05, 0.1) is 14.2 Å². The van der Waals surface area contributed by atoms with E-state index in [9.17, 15) is 9.59 Å². The fraction of sp³-hybridized carbons (Fsp3) is 0.524. The van der Waals surface area contributed by atoms with Gasteiger partial charge in [-0.25, -0.2) is 4.79 Å². The van der Waals surface area contributed by atoms with Crippen LogP contribution in [0.2, 0.25) is 0 Å². The molecule has 6 nitrogen and oxygen atoms in total. The van der Waals surface area contributed by atoms with Crippen LogP contribution in [-0.2, 0) is 14.3 Å². The summed E-state index contributed by atoms with van der Waals surface area (Å²) in [6.45, 7) is 4.09. The minimum atomic E-state index is -0.583. The van der Waals surface area contributed by atoms with Crippen LogP contribution >= 0.6 is 0 Å². The summed E-state index contributed by atoms with van der Waals surface area (Å²) in [6, 6.07) is 5.51. The number of esters is 1. The van der Waals surface area contributed by atoms with Gasteiger partial charge in [-0.05, 0) is 30.4 Å². The highest BCUT2D eigenvalue weighted by Crippen LogP contribution is 2.31. The van der Waals surface area contributed by atoms with Gasteiger partial charge in [0, 0.05) is 17.7 Å². The minimum absolute atomic E-state index is 0.150. The Hall–Kier alpha value is -2.50. The molecule has 1 aromatic carbocycles. The van der Waals surface area contributed by atoms with Crippen LogP contribution in [0.4, 0.5) is 0 Å². The van der Waals surface area contributed by atoms with Crippen LogP contribution in [0.1, 0.15) is 38.7 Å². The van der Waals surface area contributed by atoms with Gasteiger partial charge < -0.3 is 19.5 Å². The number of para-hydroxylation sites is 1. The molecule has 1 amide bonds. The van der Waals surface area contributed by atoms with Crippen LogP contribution < -0.4 is 14.8 Å². The van der Waals surface area contributed by atoms with Crippen molar-refractivity contribution in [1.29, 1.82) is 0 Å². The summed E-state index contributed by atoms with van der Waals surface area (Å²) < 4.78 is 15.6. The lowest BCUT2D eigenvalue weighted by Crippen LogP contribution is -2.45. The lowest BCUT2D eigenvalue weighted by Gasteiger charge is -2.34. The number of hydrogen-bond acceptors (Lipinski definition) is 5. The van der Waals surface area contributed by atoms with Crippen molar-refractivity contribution < 1.29 is 23.8 Å². The van der Waals surface area contributed by atoms with Gasteiger partial charge in [-0.3, -0.25) is 4.79 Å². The van der Waals surface area contributed by atoms with Crippen LogP contribution in [0.15, 0.2) is 24.3 Å². The number of carbonyl (C=O) groups excluding carboxylic acids is 2. The molecule has 0 heterocycles. The average molecular weight is 375 g/mol. The molecule has 1 N–H and O–H groups in total. The van der Waals surface area contributed by atoms with Crippen molar-refractivity contribution in [3.8, 4) is 11.5 Å². The zero-order valence-electron chi connectivity index (χ0n) is 16.5. The monoisotopic (exact) mass is 375 g/mol. The minimum Gasteiger partial charge on any atom is -0.493 e. The number of ether oxygens (including phenoxy) is 3. The Labute approximate surface area is 160 Å². The highest BCUT2D eigenvalue weighted by molar-refractivity contribution is 5.90. The molecule has 0 bridgehead atoms. The molecule has 27 heavy (non-hydrogen) atoms. The van der Waals surface area contributed by atoms with E-state index in [1.807, 2.05) is 0 Å². The molecule has 0 aliphatic heterocycles. The van der Waals surface area contributed by atoms with Crippen molar-refractivity contribution in [3.63, 3.8) is 0 Å².